The Morgan fingerprint density at radius 3 is 2.14 bits per heavy atom. The molecule has 0 rings (SSSR count). The highest BCUT2D eigenvalue weighted by atomic mass is 32.2. The van der Waals surface area contributed by atoms with E-state index in [1.165, 1.54) is 0 Å². The van der Waals surface area contributed by atoms with Crippen LogP contribution in [0.25, 0.3) is 0 Å². The topological polar surface area (TPSA) is 54.4 Å². The van der Waals surface area contributed by atoms with Crippen LogP contribution in [-0.2, 0) is 10.1 Å². The molecule has 2 atom stereocenters. The van der Waals surface area contributed by atoms with Crippen LogP contribution in [-0.4, -0.2) is 31.3 Å². The number of rotatable bonds is 7. The Morgan fingerprint density at radius 2 is 1.71 bits per heavy atom. The molecule has 0 aromatic heterocycles. The molecule has 0 bridgehead atoms. The molecule has 0 heterocycles. The second-order valence-corrected chi connectivity index (χ2v) is 4.40. The normalized spacial score (nSPS) is 16.6. The fraction of sp³-hybridized carbons (Fsp3) is 1.00. The van der Waals surface area contributed by atoms with Crippen molar-refractivity contribution in [2.75, 3.05) is 6.67 Å². The molecule has 0 aliphatic heterocycles. The van der Waals surface area contributed by atoms with Gasteiger partial charge in [0.15, 0.2) is 0 Å². The van der Waals surface area contributed by atoms with Gasteiger partial charge < -0.3 is 0 Å². The standard InChI is InChI=1S/C7H13F3O3S/c8-5-3-1-2-4-6(9)7(10)14(11,12)13/h6-7H,1-5H2,(H,11,12,13). The Hall–Kier alpha value is -0.300. The van der Waals surface area contributed by atoms with Crippen molar-refractivity contribution in [3.05, 3.63) is 0 Å². The molecule has 0 aromatic rings. The summed E-state index contributed by atoms with van der Waals surface area (Å²) in [5, 5.41) is 0. The van der Waals surface area contributed by atoms with Crippen LogP contribution in [0.15, 0.2) is 0 Å². The van der Waals surface area contributed by atoms with Gasteiger partial charge in [0, 0.05) is 0 Å². The van der Waals surface area contributed by atoms with Crippen LogP contribution in [0.2, 0.25) is 0 Å². The number of halogens is 3. The minimum atomic E-state index is -4.96. The first kappa shape index (κ1) is 13.7. The van der Waals surface area contributed by atoms with Gasteiger partial charge in [-0.1, -0.05) is 12.8 Å². The lowest BCUT2D eigenvalue weighted by Crippen LogP contribution is -2.26. The van der Waals surface area contributed by atoms with Crippen LogP contribution >= 0.6 is 0 Å². The molecule has 0 aromatic carbocycles. The largest absolute Gasteiger partial charge is 0.300 e. The number of alkyl halides is 3. The fourth-order valence-electron chi connectivity index (χ4n) is 0.928. The molecule has 0 radical (unpaired) electrons. The Labute approximate surface area is 81.1 Å². The SMILES string of the molecule is O=S(=O)(O)C(F)C(F)CCCCCF. The van der Waals surface area contributed by atoms with E-state index in [2.05, 4.69) is 0 Å². The van der Waals surface area contributed by atoms with Gasteiger partial charge in [-0.05, 0) is 12.8 Å². The highest BCUT2D eigenvalue weighted by Gasteiger charge is 2.31. The minimum absolute atomic E-state index is 0.195. The van der Waals surface area contributed by atoms with Crippen LogP contribution in [0.4, 0.5) is 13.2 Å². The van der Waals surface area contributed by atoms with Gasteiger partial charge in [-0.3, -0.25) is 8.94 Å². The second kappa shape index (κ2) is 6.23. The van der Waals surface area contributed by atoms with E-state index in [0.717, 1.165) is 0 Å². The quantitative estimate of drug-likeness (QED) is 0.541. The lowest BCUT2D eigenvalue weighted by molar-refractivity contribution is 0.199. The third kappa shape index (κ3) is 5.43. The molecular weight excluding hydrogens is 221 g/mol. The zero-order valence-electron chi connectivity index (χ0n) is 7.50. The summed E-state index contributed by atoms with van der Waals surface area (Å²) in [6.45, 7) is -0.533. The maximum Gasteiger partial charge on any atom is 0.300 e. The Balaban J connectivity index is 3.79. The van der Waals surface area contributed by atoms with Gasteiger partial charge in [0.1, 0.15) is 6.17 Å². The highest BCUT2D eigenvalue weighted by Crippen LogP contribution is 2.16. The van der Waals surface area contributed by atoms with Crippen molar-refractivity contribution in [2.24, 2.45) is 0 Å². The first-order valence-corrected chi connectivity index (χ1v) is 5.70. The molecule has 1 N–H and O–H groups in total. The van der Waals surface area contributed by atoms with Gasteiger partial charge in [0.05, 0.1) is 6.67 Å². The maximum atomic E-state index is 12.7. The molecule has 0 aliphatic carbocycles. The Kier molecular flexibility index (Phi) is 6.10. The van der Waals surface area contributed by atoms with Crippen LogP contribution in [0, 0.1) is 0 Å². The van der Waals surface area contributed by atoms with Gasteiger partial charge in [0.2, 0.25) is 0 Å². The van der Waals surface area contributed by atoms with Crippen molar-refractivity contribution in [1.82, 2.24) is 0 Å². The predicted octanol–water partition coefficient (Wildman–Crippen LogP) is 2.04. The molecule has 3 nitrogen and oxygen atoms in total. The van der Waals surface area contributed by atoms with E-state index in [-0.39, 0.29) is 19.3 Å². The number of hydrogen-bond donors (Lipinski definition) is 1. The summed E-state index contributed by atoms with van der Waals surface area (Å²) in [4.78, 5) is 0. The van der Waals surface area contributed by atoms with Crippen molar-refractivity contribution in [1.29, 1.82) is 0 Å². The van der Waals surface area contributed by atoms with Crippen LogP contribution < -0.4 is 0 Å². The third-order valence-corrected chi connectivity index (χ3v) is 2.55. The Bertz CT molecular complexity index is 243. The van der Waals surface area contributed by atoms with Crippen LogP contribution in [0.1, 0.15) is 25.7 Å². The van der Waals surface area contributed by atoms with E-state index < -0.39 is 28.5 Å². The summed E-state index contributed by atoms with van der Waals surface area (Å²) in [6, 6.07) is 0. The fourth-order valence-corrected chi connectivity index (χ4v) is 1.44. The van der Waals surface area contributed by atoms with Gasteiger partial charge in [-0.2, -0.15) is 8.42 Å². The first-order chi connectivity index (χ1) is 6.39. The van der Waals surface area contributed by atoms with E-state index in [0.29, 0.717) is 6.42 Å². The van der Waals surface area contributed by atoms with Crippen molar-refractivity contribution < 1.29 is 26.1 Å². The zero-order valence-corrected chi connectivity index (χ0v) is 8.31. The second-order valence-electron chi connectivity index (χ2n) is 2.92. The average molecular weight is 234 g/mol. The monoisotopic (exact) mass is 234 g/mol. The molecule has 0 fully saturated rings. The first-order valence-electron chi connectivity index (χ1n) is 4.20. The van der Waals surface area contributed by atoms with Crippen molar-refractivity contribution in [3.63, 3.8) is 0 Å². The molecule has 0 saturated heterocycles. The molecule has 0 aliphatic rings. The highest BCUT2D eigenvalue weighted by molar-refractivity contribution is 7.86. The van der Waals surface area contributed by atoms with Gasteiger partial charge >= 0.3 is 10.1 Å². The van der Waals surface area contributed by atoms with Gasteiger partial charge in [-0.15, -0.1) is 0 Å². The smallest absolute Gasteiger partial charge is 0.283 e. The molecule has 0 saturated carbocycles. The summed E-state index contributed by atoms with van der Waals surface area (Å²) < 4.78 is 65.2. The molecular formula is C7H13F3O3S. The summed E-state index contributed by atoms with van der Waals surface area (Å²) in [5.74, 6) is 0. The summed E-state index contributed by atoms with van der Waals surface area (Å²) in [5.41, 5.74) is -2.90. The van der Waals surface area contributed by atoms with E-state index in [1.54, 1.807) is 0 Å². The third-order valence-electron chi connectivity index (χ3n) is 1.68. The van der Waals surface area contributed by atoms with E-state index in [1.807, 2.05) is 0 Å². The molecule has 2 unspecified atom stereocenters. The van der Waals surface area contributed by atoms with Crippen molar-refractivity contribution in [3.8, 4) is 0 Å². The van der Waals surface area contributed by atoms with E-state index >= 15 is 0 Å². The van der Waals surface area contributed by atoms with Gasteiger partial charge in [0.25, 0.3) is 5.50 Å². The van der Waals surface area contributed by atoms with Crippen LogP contribution in [0.5, 0.6) is 0 Å². The molecule has 0 spiro atoms. The molecule has 0 amide bonds. The minimum Gasteiger partial charge on any atom is -0.283 e. The summed E-state index contributed by atoms with van der Waals surface area (Å²) in [6.07, 6.45) is -1.77. The lowest BCUT2D eigenvalue weighted by Gasteiger charge is -2.09. The summed E-state index contributed by atoms with van der Waals surface area (Å²) in [7, 11) is -4.96. The zero-order chi connectivity index (χ0) is 11.2. The van der Waals surface area contributed by atoms with Crippen LogP contribution in [0.3, 0.4) is 0 Å². The van der Waals surface area contributed by atoms with Crippen molar-refractivity contribution >= 4 is 10.1 Å². The maximum absolute atomic E-state index is 12.7. The predicted molar refractivity (Wildman–Crippen MR) is 45.8 cm³/mol. The Morgan fingerprint density at radius 1 is 1.14 bits per heavy atom. The van der Waals surface area contributed by atoms with Crippen molar-refractivity contribution in [2.45, 2.75) is 37.4 Å². The molecule has 86 valence electrons. The number of hydrogen-bond acceptors (Lipinski definition) is 2. The number of unbranched alkanes of at least 4 members (excludes halogenated alkanes) is 2. The average Bonchev–Trinajstić information content (AvgIpc) is 2.09. The molecule has 14 heavy (non-hydrogen) atoms. The lowest BCUT2D eigenvalue weighted by atomic mass is 10.1. The van der Waals surface area contributed by atoms with E-state index in [9.17, 15) is 21.6 Å². The molecule has 7 heteroatoms. The van der Waals surface area contributed by atoms with Gasteiger partial charge in [-0.25, -0.2) is 8.78 Å². The van der Waals surface area contributed by atoms with E-state index in [4.69, 9.17) is 4.55 Å². The summed E-state index contributed by atoms with van der Waals surface area (Å²) >= 11 is 0.